The molecule has 0 saturated carbocycles. The number of hydrogen-bond acceptors (Lipinski definition) is 4. The van der Waals surface area contributed by atoms with Crippen molar-refractivity contribution in [3.05, 3.63) is 59.7 Å². The van der Waals surface area contributed by atoms with Gasteiger partial charge < -0.3 is 10.1 Å². The molecule has 0 atom stereocenters. The summed E-state index contributed by atoms with van der Waals surface area (Å²) < 4.78 is 5.57. The van der Waals surface area contributed by atoms with E-state index in [1.807, 2.05) is 43.0 Å². The van der Waals surface area contributed by atoms with Gasteiger partial charge in [-0.25, -0.2) is 0 Å². The SMILES string of the molecule is CSc1ccccc1CN1CCC(CNC(=O)COc2cccc(C)c2)CC1. The quantitative estimate of drug-likeness (QED) is 0.679. The van der Waals surface area contributed by atoms with E-state index in [2.05, 4.69) is 40.7 Å². The van der Waals surface area contributed by atoms with Gasteiger partial charge in [0.1, 0.15) is 5.75 Å². The zero-order valence-corrected chi connectivity index (χ0v) is 17.6. The molecule has 3 rings (SSSR count). The van der Waals surface area contributed by atoms with Crippen LogP contribution in [0.25, 0.3) is 0 Å². The Morgan fingerprint density at radius 3 is 2.71 bits per heavy atom. The maximum atomic E-state index is 12.1. The van der Waals surface area contributed by atoms with Crippen molar-refractivity contribution in [2.24, 2.45) is 5.92 Å². The number of nitrogens with one attached hydrogen (secondary N) is 1. The van der Waals surface area contributed by atoms with Gasteiger partial charge in [-0.15, -0.1) is 11.8 Å². The smallest absolute Gasteiger partial charge is 0.257 e. The Labute approximate surface area is 172 Å². The minimum atomic E-state index is -0.0437. The number of ether oxygens (including phenoxy) is 1. The first-order chi connectivity index (χ1) is 13.6. The first-order valence-electron chi connectivity index (χ1n) is 9.94. The number of carbonyl (C=O) groups is 1. The molecule has 0 bridgehead atoms. The van der Waals surface area contributed by atoms with E-state index in [0.717, 1.165) is 50.3 Å². The summed E-state index contributed by atoms with van der Waals surface area (Å²) in [4.78, 5) is 16.0. The van der Waals surface area contributed by atoms with E-state index in [-0.39, 0.29) is 12.5 Å². The van der Waals surface area contributed by atoms with E-state index in [0.29, 0.717) is 5.92 Å². The van der Waals surface area contributed by atoms with Gasteiger partial charge in [-0.3, -0.25) is 9.69 Å². The van der Waals surface area contributed by atoms with Crippen molar-refractivity contribution in [3.8, 4) is 5.75 Å². The van der Waals surface area contributed by atoms with E-state index in [1.54, 1.807) is 0 Å². The summed E-state index contributed by atoms with van der Waals surface area (Å²) in [6.45, 7) is 6.02. The van der Waals surface area contributed by atoms with Gasteiger partial charge >= 0.3 is 0 Å². The van der Waals surface area contributed by atoms with Crippen LogP contribution in [0.15, 0.2) is 53.4 Å². The Balaban J connectivity index is 1.35. The topological polar surface area (TPSA) is 41.6 Å². The summed E-state index contributed by atoms with van der Waals surface area (Å²) in [7, 11) is 0. The second-order valence-corrected chi connectivity index (χ2v) is 8.29. The van der Waals surface area contributed by atoms with Gasteiger partial charge in [0.2, 0.25) is 0 Å². The van der Waals surface area contributed by atoms with Crippen molar-refractivity contribution >= 4 is 17.7 Å². The Morgan fingerprint density at radius 2 is 1.96 bits per heavy atom. The number of nitrogens with zero attached hydrogens (tertiary/aromatic N) is 1. The molecule has 1 amide bonds. The van der Waals surface area contributed by atoms with Gasteiger partial charge in [0.15, 0.2) is 6.61 Å². The Hall–Kier alpha value is -1.98. The van der Waals surface area contributed by atoms with Gasteiger partial charge in [-0.1, -0.05) is 30.3 Å². The summed E-state index contributed by atoms with van der Waals surface area (Å²) in [5.74, 6) is 1.25. The molecule has 2 aromatic rings. The molecule has 1 heterocycles. The fourth-order valence-corrected chi connectivity index (χ4v) is 4.20. The standard InChI is InChI=1S/C23H30N2O2S/c1-18-6-5-8-21(14-18)27-17-23(26)24-15-19-10-12-25(13-11-19)16-20-7-3-4-9-22(20)28-2/h3-9,14,19H,10-13,15-17H2,1-2H3,(H,24,26). The highest BCUT2D eigenvalue weighted by atomic mass is 32.2. The third-order valence-electron chi connectivity index (χ3n) is 5.24. The second kappa shape index (κ2) is 10.5. The Bertz CT molecular complexity index is 773. The minimum Gasteiger partial charge on any atom is -0.484 e. The maximum Gasteiger partial charge on any atom is 0.257 e. The molecule has 1 fully saturated rings. The molecular formula is C23H30N2O2S. The third-order valence-corrected chi connectivity index (χ3v) is 6.08. The molecule has 1 N–H and O–H groups in total. The van der Waals surface area contributed by atoms with Gasteiger partial charge in [0, 0.05) is 18.0 Å². The molecule has 0 aliphatic carbocycles. The third kappa shape index (κ3) is 6.28. The largest absolute Gasteiger partial charge is 0.484 e. The van der Waals surface area contributed by atoms with Gasteiger partial charge in [0.25, 0.3) is 5.91 Å². The van der Waals surface area contributed by atoms with Crippen LogP contribution in [0.5, 0.6) is 5.75 Å². The highest BCUT2D eigenvalue weighted by Gasteiger charge is 2.20. The molecule has 1 saturated heterocycles. The first kappa shape index (κ1) is 20.7. The molecule has 5 heteroatoms. The number of hydrogen-bond donors (Lipinski definition) is 1. The minimum absolute atomic E-state index is 0.0437. The second-order valence-electron chi connectivity index (χ2n) is 7.44. The summed E-state index contributed by atoms with van der Waals surface area (Å²) in [6.07, 6.45) is 4.39. The van der Waals surface area contributed by atoms with Gasteiger partial charge in [-0.2, -0.15) is 0 Å². The van der Waals surface area contributed by atoms with Crippen molar-refractivity contribution in [2.75, 3.05) is 32.5 Å². The van der Waals surface area contributed by atoms with Crippen LogP contribution in [0.4, 0.5) is 0 Å². The van der Waals surface area contributed by atoms with Crippen molar-refractivity contribution in [1.29, 1.82) is 0 Å². The molecule has 150 valence electrons. The lowest BCUT2D eigenvalue weighted by Gasteiger charge is -2.32. The van der Waals surface area contributed by atoms with Crippen LogP contribution < -0.4 is 10.1 Å². The fourth-order valence-electron chi connectivity index (χ4n) is 3.59. The Morgan fingerprint density at radius 1 is 1.18 bits per heavy atom. The van der Waals surface area contributed by atoms with Crippen molar-refractivity contribution in [1.82, 2.24) is 10.2 Å². The zero-order chi connectivity index (χ0) is 19.8. The molecule has 0 radical (unpaired) electrons. The first-order valence-corrected chi connectivity index (χ1v) is 11.2. The van der Waals surface area contributed by atoms with Crippen LogP contribution in [0, 0.1) is 12.8 Å². The van der Waals surface area contributed by atoms with E-state index in [4.69, 9.17) is 4.74 Å². The number of piperidine rings is 1. The zero-order valence-electron chi connectivity index (χ0n) is 16.8. The van der Waals surface area contributed by atoms with E-state index < -0.39 is 0 Å². The number of likely N-dealkylation sites (tertiary alicyclic amines) is 1. The number of thioether (sulfide) groups is 1. The van der Waals surface area contributed by atoms with Crippen LogP contribution >= 0.6 is 11.8 Å². The number of amides is 1. The van der Waals surface area contributed by atoms with E-state index >= 15 is 0 Å². The van der Waals surface area contributed by atoms with Gasteiger partial charge in [-0.05, 0) is 74.4 Å². The van der Waals surface area contributed by atoms with Crippen LogP contribution in [0.2, 0.25) is 0 Å². The summed E-state index contributed by atoms with van der Waals surface area (Å²) in [5, 5.41) is 3.03. The number of aryl methyl sites for hydroxylation is 1. The highest BCUT2D eigenvalue weighted by Crippen LogP contribution is 2.24. The van der Waals surface area contributed by atoms with Crippen molar-refractivity contribution < 1.29 is 9.53 Å². The van der Waals surface area contributed by atoms with Crippen molar-refractivity contribution in [3.63, 3.8) is 0 Å². The predicted octanol–water partition coefficient (Wildman–Crippen LogP) is 4.12. The van der Waals surface area contributed by atoms with Crippen LogP contribution in [0.3, 0.4) is 0 Å². The molecule has 1 aliphatic heterocycles. The number of rotatable bonds is 8. The summed E-state index contributed by atoms with van der Waals surface area (Å²) >= 11 is 1.81. The fraction of sp³-hybridized carbons (Fsp3) is 0.435. The lowest BCUT2D eigenvalue weighted by Crippen LogP contribution is -2.39. The molecule has 0 aromatic heterocycles. The molecule has 4 nitrogen and oxygen atoms in total. The van der Waals surface area contributed by atoms with E-state index in [9.17, 15) is 4.79 Å². The summed E-state index contributed by atoms with van der Waals surface area (Å²) in [5.41, 5.74) is 2.54. The van der Waals surface area contributed by atoms with Crippen molar-refractivity contribution in [2.45, 2.75) is 31.2 Å². The average Bonchev–Trinajstić information content (AvgIpc) is 2.72. The van der Waals surface area contributed by atoms with Gasteiger partial charge in [0.05, 0.1) is 0 Å². The normalized spacial score (nSPS) is 15.4. The molecular weight excluding hydrogens is 368 g/mol. The monoisotopic (exact) mass is 398 g/mol. The lowest BCUT2D eigenvalue weighted by atomic mass is 9.96. The Kier molecular flexibility index (Phi) is 7.80. The highest BCUT2D eigenvalue weighted by molar-refractivity contribution is 7.98. The van der Waals surface area contributed by atoms with Crippen LogP contribution in [-0.2, 0) is 11.3 Å². The molecule has 2 aromatic carbocycles. The number of carbonyl (C=O) groups excluding carboxylic acids is 1. The van der Waals surface area contributed by atoms with E-state index in [1.165, 1.54) is 10.5 Å². The molecule has 28 heavy (non-hydrogen) atoms. The molecule has 1 aliphatic rings. The molecule has 0 spiro atoms. The van der Waals surface area contributed by atoms with Crippen LogP contribution in [-0.4, -0.2) is 43.3 Å². The lowest BCUT2D eigenvalue weighted by molar-refractivity contribution is -0.123. The molecule has 0 unspecified atom stereocenters. The summed E-state index contributed by atoms with van der Waals surface area (Å²) in [6, 6.07) is 16.4. The number of benzene rings is 2. The predicted molar refractivity (Wildman–Crippen MR) is 116 cm³/mol. The van der Waals surface area contributed by atoms with Crippen LogP contribution in [0.1, 0.15) is 24.0 Å². The maximum absolute atomic E-state index is 12.1. The average molecular weight is 399 g/mol.